The van der Waals surface area contributed by atoms with Gasteiger partial charge in [0.25, 0.3) is 0 Å². The van der Waals surface area contributed by atoms with Gasteiger partial charge in [-0.05, 0) is 58.5 Å². The molecule has 152 valence electrons. The number of methoxy groups -OCH3 is 1. The molecule has 0 aliphatic heterocycles. The van der Waals surface area contributed by atoms with Gasteiger partial charge in [0.15, 0.2) is 11.5 Å². The van der Waals surface area contributed by atoms with Crippen LogP contribution in [-0.4, -0.2) is 24.2 Å². The maximum absolute atomic E-state index is 11.4. The molecule has 2 rings (SSSR count). The molecule has 0 radical (unpaired) electrons. The first-order valence-corrected chi connectivity index (χ1v) is 10.1. The number of ether oxygens (including phenoxy) is 2. The summed E-state index contributed by atoms with van der Waals surface area (Å²) in [5, 5.41) is 12.5. The summed E-state index contributed by atoms with van der Waals surface area (Å²) < 4.78 is 12.3. The van der Waals surface area contributed by atoms with Gasteiger partial charge >= 0.3 is 5.97 Å². The van der Waals surface area contributed by atoms with Gasteiger partial charge in [-0.25, -0.2) is 0 Å². The van der Waals surface area contributed by atoms with Crippen molar-refractivity contribution in [3.63, 3.8) is 0 Å². The lowest BCUT2D eigenvalue weighted by Crippen LogP contribution is -2.37. The highest BCUT2D eigenvalue weighted by molar-refractivity contribution is 9.10. The molecule has 5 nitrogen and oxygen atoms in total. The van der Waals surface area contributed by atoms with Gasteiger partial charge in [0.2, 0.25) is 0 Å². The van der Waals surface area contributed by atoms with Crippen molar-refractivity contribution >= 4 is 21.9 Å². The van der Waals surface area contributed by atoms with E-state index in [4.69, 9.17) is 9.47 Å². The average Bonchev–Trinajstić information content (AvgIpc) is 2.63. The molecule has 0 heterocycles. The first kappa shape index (κ1) is 22.2. The van der Waals surface area contributed by atoms with Gasteiger partial charge in [-0.1, -0.05) is 43.7 Å². The lowest BCUT2D eigenvalue weighted by molar-refractivity contribution is -0.140. The number of aliphatic carboxylic acids is 1. The number of benzene rings is 2. The molecule has 0 saturated heterocycles. The van der Waals surface area contributed by atoms with Gasteiger partial charge in [-0.15, -0.1) is 0 Å². The Morgan fingerprint density at radius 1 is 1.21 bits per heavy atom. The third-order valence-electron chi connectivity index (χ3n) is 4.31. The van der Waals surface area contributed by atoms with Crippen molar-refractivity contribution < 1.29 is 19.4 Å². The predicted octanol–water partition coefficient (Wildman–Crippen LogP) is 4.93. The predicted molar refractivity (Wildman–Crippen MR) is 114 cm³/mol. The van der Waals surface area contributed by atoms with Gasteiger partial charge in [0.1, 0.15) is 12.6 Å². The minimum atomic E-state index is -0.835. The van der Waals surface area contributed by atoms with Crippen molar-refractivity contribution in [2.24, 2.45) is 5.92 Å². The van der Waals surface area contributed by atoms with E-state index in [9.17, 15) is 9.90 Å². The van der Waals surface area contributed by atoms with Gasteiger partial charge in [-0.2, -0.15) is 0 Å². The molecule has 28 heavy (non-hydrogen) atoms. The lowest BCUT2D eigenvalue weighted by Gasteiger charge is -2.18. The normalized spacial score (nSPS) is 12.1. The molecule has 0 aliphatic carbocycles. The van der Waals surface area contributed by atoms with E-state index in [0.29, 0.717) is 37.0 Å². The molecular weight excluding hydrogens is 422 g/mol. The fraction of sp³-hybridized carbons (Fsp3) is 0.409. The zero-order valence-electron chi connectivity index (χ0n) is 16.8. The quantitative estimate of drug-likeness (QED) is 0.537. The van der Waals surface area contributed by atoms with E-state index in [1.165, 1.54) is 5.56 Å². The zero-order valence-corrected chi connectivity index (χ0v) is 18.4. The smallest absolute Gasteiger partial charge is 0.320 e. The van der Waals surface area contributed by atoms with Crippen molar-refractivity contribution in [2.75, 3.05) is 7.11 Å². The molecule has 0 aliphatic rings. The van der Waals surface area contributed by atoms with Gasteiger partial charge in [-0.3, -0.25) is 4.79 Å². The Hall–Kier alpha value is -2.05. The largest absolute Gasteiger partial charge is 0.493 e. The van der Waals surface area contributed by atoms with Crippen LogP contribution in [0.5, 0.6) is 11.5 Å². The van der Waals surface area contributed by atoms with Gasteiger partial charge in [0, 0.05) is 6.54 Å². The summed E-state index contributed by atoms with van der Waals surface area (Å²) in [6.45, 7) is 6.93. The number of carbonyl (C=O) groups is 1. The third kappa shape index (κ3) is 6.53. The van der Waals surface area contributed by atoms with Crippen molar-refractivity contribution in [2.45, 2.75) is 46.4 Å². The monoisotopic (exact) mass is 449 g/mol. The van der Waals surface area contributed by atoms with Crippen LogP contribution >= 0.6 is 15.9 Å². The van der Waals surface area contributed by atoms with Crippen LogP contribution in [-0.2, 0) is 17.9 Å². The maximum atomic E-state index is 11.4. The second-order valence-electron chi connectivity index (χ2n) is 7.29. The van der Waals surface area contributed by atoms with Crippen LogP contribution in [0.4, 0.5) is 0 Å². The summed E-state index contributed by atoms with van der Waals surface area (Å²) in [5.41, 5.74) is 3.18. The highest BCUT2D eigenvalue weighted by Gasteiger charge is 2.19. The van der Waals surface area contributed by atoms with Crippen molar-refractivity contribution in [3.05, 3.63) is 57.6 Å². The molecule has 1 atom stereocenters. The Balaban J connectivity index is 2.10. The van der Waals surface area contributed by atoms with Crippen molar-refractivity contribution in [3.8, 4) is 11.5 Å². The number of halogens is 1. The second kappa shape index (κ2) is 10.5. The first-order valence-electron chi connectivity index (χ1n) is 9.31. The SMILES string of the molecule is COc1cc(CNC(CC(C)C)C(=O)O)cc(Br)c1OCc1cccc(C)c1. The van der Waals surface area contributed by atoms with E-state index >= 15 is 0 Å². The zero-order chi connectivity index (χ0) is 20.7. The Labute approximate surface area is 175 Å². The summed E-state index contributed by atoms with van der Waals surface area (Å²) >= 11 is 3.55. The van der Waals surface area contributed by atoms with E-state index in [2.05, 4.69) is 27.3 Å². The summed E-state index contributed by atoms with van der Waals surface area (Å²) in [5.74, 6) is 0.699. The molecule has 2 aromatic rings. The average molecular weight is 450 g/mol. The van der Waals surface area contributed by atoms with Crippen LogP contribution in [0.2, 0.25) is 0 Å². The number of aryl methyl sites for hydroxylation is 1. The van der Waals surface area contributed by atoms with E-state index in [1.54, 1.807) is 7.11 Å². The highest BCUT2D eigenvalue weighted by atomic mass is 79.9. The fourth-order valence-corrected chi connectivity index (χ4v) is 3.56. The first-order chi connectivity index (χ1) is 13.3. The standard InChI is InChI=1S/C22H28BrNO4/c1-14(2)8-19(22(25)26)24-12-17-10-18(23)21(20(11-17)27-4)28-13-16-7-5-6-15(3)9-16/h5-7,9-11,14,19,24H,8,12-13H2,1-4H3,(H,25,26). The third-order valence-corrected chi connectivity index (χ3v) is 4.90. The minimum absolute atomic E-state index is 0.298. The molecule has 0 spiro atoms. The van der Waals surface area contributed by atoms with Crippen LogP contribution in [0.1, 0.15) is 37.0 Å². The molecule has 0 saturated carbocycles. The molecule has 2 N–H and O–H groups in total. The minimum Gasteiger partial charge on any atom is -0.493 e. The summed E-state index contributed by atoms with van der Waals surface area (Å²) in [6.07, 6.45) is 0.575. The van der Waals surface area contributed by atoms with E-state index in [-0.39, 0.29) is 0 Å². The van der Waals surface area contributed by atoms with Gasteiger partial charge in [0.05, 0.1) is 11.6 Å². The molecular formula is C22H28BrNO4. The second-order valence-corrected chi connectivity index (χ2v) is 8.14. The van der Waals surface area contributed by atoms with E-state index in [0.717, 1.165) is 15.6 Å². The molecule has 1 unspecified atom stereocenters. The van der Waals surface area contributed by atoms with Crippen molar-refractivity contribution in [1.29, 1.82) is 0 Å². The topological polar surface area (TPSA) is 67.8 Å². The molecule has 0 bridgehead atoms. The Kier molecular flexibility index (Phi) is 8.33. The van der Waals surface area contributed by atoms with Crippen LogP contribution in [0.15, 0.2) is 40.9 Å². The van der Waals surface area contributed by atoms with Crippen LogP contribution in [0.3, 0.4) is 0 Å². The number of carboxylic acids is 1. The number of rotatable bonds is 10. The number of hydrogen-bond acceptors (Lipinski definition) is 4. The molecule has 0 aromatic heterocycles. The summed E-state index contributed by atoms with van der Waals surface area (Å²) in [4.78, 5) is 11.4. The van der Waals surface area contributed by atoms with Crippen LogP contribution < -0.4 is 14.8 Å². The lowest BCUT2D eigenvalue weighted by atomic mass is 10.0. The molecule has 6 heteroatoms. The number of hydrogen-bond donors (Lipinski definition) is 2. The summed E-state index contributed by atoms with van der Waals surface area (Å²) in [7, 11) is 1.59. The molecule has 0 fully saturated rings. The molecule has 2 aromatic carbocycles. The van der Waals surface area contributed by atoms with E-state index < -0.39 is 12.0 Å². The maximum Gasteiger partial charge on any atom is 0.320 e. The molecule has 0 amide bonds. The fourth-order valence-electron chi connectivity index (χ4n) is 2.96. The van der Waals surface area contributed by atoms with E-state index in [1.807, 2.05) is 51.1 Å². The van der Waals surface area contributed by atoms with Crippen LogP contribution in [0, 0.1) is 12.8 Å². The van der Waals surface area contributed by atoms with Gasteiger partial charge < -0.3 is 19.9 Å². The Bertz CT molecular complexity index is 807. The van der Waals surface area contributed by atoms with Crippen LogP contribution in [0.25, 0.3) is 0 Å². The number of nitrogens with one attached hydrogen (secondary N) is 1. The summed E-state index contributed by atoms with van der Waals surface area (Å²) in [6, 6.07) is 11.4. The highest BCUT2D eigenvalue weighted by Crippen LogP contribution is 2.37. The number of carboxylic acid groups (broad SMARTS) is 1. The Morgan fingerprint density at radius 3 is 2.57 bits per heavy atom. The Morgan fingerprint density at radius 2 is 1.96 bits per heavy atom. The van der Waals surface area contributed by atoms with Crippen molar-refractivity contribution in [1.82, 2.24) is 5.32 Å².